The van der Waals surface area contributed by atoms with E-state index in [1.54, 1.807) is 42.2 Å². The van der Waals surface area contributed by atoms with Crippen LogP contribution in [0, 0.1) is 6.92 Å². The van der Waals surface area contributed by atoms with Crippen molar-refractivity contribution >= 4 is 12.2 Å². The maximum atomic E-state index is 11.4. The number of hydrogen-bond acceptors (Lipinski definition) is 3. The Morgan fingerprint density at radius 2 is 2.17 bits per heavy atom. The molecule has 0 unspecified atom stereocenters. The standard InChI is InChI=1S/C13H13N3O2/c1-9-7-10(8-17)3-4-12(9)16-6-5-11(15-16)13(18)14-2/h3-8H,1-2H3,(H,14,18). The molecule has 0 spiro atoms. The van der Waals surface area contributed by atoms with E-state index >= 15 is 0 Å². The Bertz CT molecular complexity index is 602. The summed E-state index contributed by atoms with van der Waals surface area (Å²) in [6, 6.07) is 6.95. The molecular weight excluding hydrogens is 230 g/mol. The van der Waals surface area contributed by atoms with Gasteiger partial charge in [-0.1, -0.05) is 0 Å². The van der Waals surface area contributed by atoms with E-state index in [-0.39, 0.29) is 5.91 Å². The van der Waals surface area contributed by atoms with Crippen LogP contribution < -0.4 is 5.32 Å². The summed E-state index contributed by atoms with van der Waals surface area (Å²) >= 11 is 0. The molecule has 0 bridgehead atoms. The third-order valence-corrected chi connectivity index (χ3v) is 2.65. The van der Waals surface area contributed by atoms with E-state index in [1.807, 2.05) is 6.92 Å². The highest BCUT2D eigenvalue weighted by Crippen LogP contribution is 2.14. The van der Waals surface area contributed by atoms with E-state index in [2.05, 4.69) is 10.4 Å². The number of carbonyl (C=O) groups is 2. The molecule has 2 rings (SSSR count). The van der Waals surface area contributed by atoms with Crippen molar-refractivity contribution in [1.82, 2.24) is 15.1 Å². The minimum absolute atomic E-state index is 0.226. The largest absolute Gasteiger partial charge is 0.354 e. The van der Waals surface area contributed by atoms with Gasteiger partial charge < -0.3 is 5.32 Å². The smallest absolute Gasteiger partial charge is 0.271 e. The second-order valence-corrected chi connectivity index (χ2v) is 3.89. The van der Waals surface area contributed by atoms with Crippen molar-refractivity contribution in [2.45, 2.75) is 6.92 Å². The molecule has 1 N–H and O–H groups in total. The Morgan fingerprint density at radius 3 is 2.78 bits per heavy atom. The molecule has 0 aliphatic rings. The van der Waals surface area contributed by atoms with Gasteiger partial charge in [0.1, 0.15) is 6.29 Å². The first-order valence-electron chi connectivity index (χ1n) is 5.49. The summed E-state index contributed by atoms with van der Waals surface area (Å²) in [4.78, 5) is 22.1. The maximum Gasteiger partial charge on any atom is 0.271 e. The molecule has 0 radical (unpaired) electrons. The topological polar surface area (TPSA) is 64.0 Å². The fraction of sp³-hybridized carbons (Fsp3) is 0.154. The normalized spacial score (nSPS) is 10.1. The maximum absolute atomic E-state index is 11.4. The fourth-order valence-electron chi connectivity index (χ4n) is 1.72. The SMILES string of the molecule is CNC(=O)c1ccn(-c2ccc(C=O)cc2C)n1. The van der Waals surface area contributed by atoms with Gasteiger partial charge in [-0.05, 0) is 36.8 Å². The molecule has 5 nitrogen and oxygen atoms in total. The lowest BCUT2D eigenvalue weighted by Gasteiger charge is -2.06. The highest BCUT2D eigenvalue weighted by molar-refractivity contribution is 5.91. The van der Waals surface area contributed by atoms with Gasteiger partial charge >= 0.3 is 0 Å². The van der Waals surface area contributed by atoms with Crippen LogP contribution >= 0.6 is 0 Å². The first-order chi connectivity index (χ1) is 8.65. The molecule has 0 aliphatic heterocycles. The number of hydrogen-bond donors (Lipinski definition) is 1. The van der Waals surface area contributed by atoms with Crippen molar-refractivity contribution in [3.05, 3.63) is 47.3 Å². The van der Waals surface area contributed by atoms with E-state index in [4.69, 9.17) is 0 Å². The van der Waals surface area contributed by atoms with Gasteiger partial charge in [-0.2, -0.15) is 5.10 Å². The zero-order valence-corrected chi connectivity index (χ0v) is 10.2. The van der Waals surface area contributed by atoms with Gasteiger partial charge in [0.15, 0.2) is 5.69 Å². The first kappa shape index (κ1) is 12.0. The third-order valence-electron chi connectivity index (χ3n) is 2.65. The number of carbonyl (C=O) groups excluding carboxylic acids is 2. The third kappa shape index (κ3) is 2.15. The van der Waals surface area contributed by atoms with Crippen LogP contribution in [-0.4, -0.2) is 29.0 Å². The van der Waals surface area contributed by atoms with Crippen LogP contribution in [0.5, 0.6) is 0 Å². The van der Waals surface area contributed by atoms with Crippen molar-refractivity contribution in [2.75, 3.05) is 7.05 Å². The average Bonchev–Trinajstić information content (AvgIpc) is 2.87. The molecule has 2 aromatic rings. The summed E-state index contributed by atoms with van der Waals surface area (Å²) in [6.45, 7) is 1.89. The molecule has 5 heteroatoms. The van der Waals surface area contributed by atoms with Gasteiger partial charge in [-0.25, -0.2) is 4.68 Å². The molecule has 18 heavy (non-hydrogen) atoms. The molecule has 1 aromatic carbocycles. The number of rotatable bonds is 3. The monoisotopic (exact) mass is 243 g/mol. The minimum Gasteiger partial charge on any atom is -0.354 e. The van der Waals surface area contributed by atoms with E-state index < -0.39 is 0 Å². The van der Waals surface area contributed by atoms with E-state index in [1.165, 1.54) is 0 Å². The molecule has 1 aromatic heterocycles. The van der Waals surface area contributed by atoms with Crippen LogP contribution in [0.1, 0.15) is 26.4 Å². The molecule has 0 atom stereocenters. The predicted octanol–water partition coefficient (Wildman–Crippen LogP) is 1.35. The number of nitrogens with one attached hydrogen (secondary N) is 1. The molecule has 1 amide bonds. The Balaban J connectivity index is 2.40. The first-order valence-corrected chi connectivity index (χ1v) is 5.49. The zero-order valence-electron chi connectivity index (χ0n) is 10.2. The van der Waals surface area contributed by atoms with Crippen LogP contribution in [-0.2, 0) is 0 Å². The molecule has 0 aliphatic carbocycles. The average molecular weight is 243 g/mol. The number of aromatic nitrogens is 2. The highest BCUT2D eigenvalue weighted by atomic mass is 16.1. The summed E-state index contributed by atoms with van der Waals surface area (Å²) in [5.74, 6) is -0.226. The van der Waals surface area contributed by atoms with Gasteiger partial charge in [-0.3, -0.25) is 9.59 Å². The molecule has 0 saturated carbocycles. The number of amides is 1. The Hall–Kier alpha value is -2.43. The molecule has 0 fully saturated rings. The van der Waals surface area contributed by atoms with Gasteiger partial charge in [0.2, 0.25) is 0 Å². The summed E-state index contributed by atoms with van der Waals surface area (Å²) in [5, 5.41) is 6.70. The Morgan fingerprint density at radius 1 is 1.39 bits per heavy atom. The van der Waals surface area contributed by atoms with E-state index in [9.17, 15) is 9.59 Å². The zero-order chi connectivity index (χ0) is 13.1. The van der Waals surface area contributed by atoms with E-state index in [0.29, 0.717) is 11.3 Å². The lowest BCUT2D eigenvalue weighted by atomic mass is 10.1. The molecular formula is C13H13N3O2. The summed E-state index contributed by atoms with van der Waals surface area (Å²) in [6.07, 6.45) is 2.52. The van der Waals surface area contributed by atoms with Crippen LogP contribution in [0.3, 0.4) is 0 Å². The quantitative estimate of drug-likeness (QED) is 0.828. The Kier molecular flexibility index (Phi) is 3.23. The van der Waals surface area contributed by atoms with Crippen LogP contribution in [0.25, 0.3) is 5.69 Å². The summed E-state index contributed by atoms with van der Waals surface area (Å²) in [5.41, 5.74) is 2.74. The summed E-state index contributed by atoms with van der Waals surface area (Å²) in [7, 11) is 1.56. The van der Waals surface area contributed by atoms with Gasteiger partial charge in [0.05, 0.1) is 5.69 Å². The van der Waals surface area contributed by atoms with Crippen LogP contribution in [0.2, 0.25) is 0 Å². The number of aryl methyl sites for hydroxylation is 1. The van der Waals surface area contributed by atoms with Crippen molar-refractivity contribution in [3.63, 3.8) is 0 Å². The lowest BCUT2D eigenvalue weighted by molar-refractivity contribution is 0.0957. The van der Waals surface area contributed by atoms with Crippen molar-refractivity contribution < 1.29 is 9.59 Å². The number of nitrogens with zero attached hydrogens (tertiary/aromatic N) is 2. The van der Waals surface area contributed by atoms with Gasteiger partial charge in [0, 0.05) is 18.8 Å². The van der Waals surface area contributed by atoms with Crippen molar-refractivity contribution in [2.24, 2.45) is 0 Å². The highest BCUT2D eigenvalue weighted by Gasteiger charge is 2.09. The fourth-order valence-corrected chi connectivity index (χ4v) is 1.72. The summed E-state index contributed by atoms with van der Waals surface area (Å²) < 4.78 is 1.62. The molecule has 1 heterocycles. The number of aldehydes is 1. The predicted molar refractivity (Wildman–Crippen MR) is 67.1 cm³/mol. The van der Waals surface area contributed by atoms with Crippen LogP contribution in [0.4, 0.5) is 0 Å². The van der Waals surface area contributed by atoms with Crippen molar-refractivity contribution in [1.29, 1.82) is 0 Å². The van der Waals surface area contributed by atoms with Gasteiger partial charge in [-0.15, -0.1) is 0 Å². The Labute approximate surface area is 104 Å². The second kappa shape index (κ2) is 4.83. The van der Waals surface area contributed by atoms with Crippen molar-refractivity contribution in [3.8, 4) is 5.69 Å². The molecule has 0 saturated heterocycles. The lowest BCUT2D eigenvalue weighted by Crippen LogP contribution is -2.18. The van der Waals surface area contributed by atoms with Gasteiger partial charge in [0.25, 0.3) is 5.91 Å². The molecule has 92 valence electrons. The minimum atomic E-state index is -0.226. The van der Waals surface area contributed by atoms with E-state index in [0.717, 1.165) is 17.5 Å². The van der Waals surface area contributed by atoms with Crippen LogP contribution in [0.15, 0.2) is 30.5 Å². The number of benzene rings is 1. The second-order valence-electron chi connectivity index (χ2n) is 3.89.